The smallest absolute Gasteiger partial charge is 0.304 e. The predicted octanol–water partition coefficient (Wildman–Crippen LogP) is 2.07. The lowest BCUT2D eigenvalue weighted by atomic mass is 10.3. The lowest BCUT2D eigenvalue weighted by Crippen LogP contribution is -1.95. The molecule has 0 saturated carbocycles. The van der Waals surface area contributed by atoms with E-state index in [1.807, 2.05) is 17.8 Å². The molecular weight excluding hydrogens is 284 g/mol. The van der Waals surface area contributed by atoms with Crippen LogP contribution >= 0.6 is 23.1 Å². The van der Waals surface area contributed by atoms with E-state index in [2.05, 4.69) is 22.2 Å². The minimum atomic E-state index is -0.797. The number of carboxylic acids is 1. The summed E-state index contributed by atoms with van der Waals surface area (Å²) in [6, 6.07) is 2.01. The maximum atomic E-state index is 10.4. The van der Waals surface area contributed by atoms with Gasteiger partial charge in [-0.3, -0.25) is 9.48 Å². The van der Waals surface area contributed by atoms with Gasteiger partial charge in [-0.25, -0.2) is 0 Å². The third kappa shape index (κ3) is 3.54. The Morgan fingerprint density at radius 3 is 2.95 bits per heavy atom. The second kappa shape index (κ2) is 6.16. The highest BCUT2D eigenvalue weighted by Crippen LogP contribution is 2.29. The van der Waals surface area contributed by atoms with Crippen molar-refractivity contribution >= 4 is 29.1 Å². The molecule has 0 amide bonds. The number of nitrogens with zero attached hydrogens (tertiary/aromatic N) is 4. The van der Waals surface area contributed by atoms with Gasteiger partial charge in [-0.15, -0.1) is 10.2 Å². The van der Waals surface area contributed by atoms with E-state index in [4.69, 9.17) is 5.11 Å². The number of carbonyl (C=O) groups is 1. The highest BCUT2D eigenvalue weighted by Gasteiger charge is 2.12. The Morgan fingerprint density at radius 2 is 2.32 bits per heavy atom. The summed E-state index contributed by atoms with van der Waals surface area (Å²) in [5.74, 6) is -0.290. The van der Waals surface area contributed by atoms with Crippen LogP contribution in [-0.4, -0.2) is 36.8 Å². The van der Waals surface area contributed by atoms with Gasteiger partial charge in [-0.2, -0.15) is 5.10 Å². The van der Waals surface area contributed by atoms with Crippen LogP contribution in [0.2, 0.25) is 0 Å². The molecule has 0 aliphatic carbocycles. The molecule has 2 aromatic heterocycles. The van der Waals surface area contributed by atoms with Gasteiger partial charge in [0.05, 0.1) is 6.42 Å². The van der Waals surface area contributed by atoms with Gasteiger partial charge in [0, 0.05) is 18.5 Å². The van der Waals surface area contributed by atoms with Crippen LogP contribution in [0.1, 0.15) is 19.0 Å². The van der Waals surface area contributed by atoms with Crippen LogP contribution in [0.3, 0.4) is 0 Å². The summed E-state index contributed by atoms with van der Waals surface area (Å²) in [6.07, 6.45) is 1.05. The van der Waals surface area contributed by atoms with Gasteiger partial charge in [0.25, 0.3) is 0 Å². The van der Waals surface area contributed by atoms with E-state index >= 15 is 0 Å². The Kier molecular flexibility index (Phi) is 4.54. The Bertz CT molecular complexity index is 579. The standard InChI is InChI=1S/C11H14N4O2S2/c1-3-7-6-8(14-15(7)2)10-12-13-11(19-10)18-5-4-9(16)17/h6H,3-5H2,1-2H3,(H,16,17). The maximum Gasteiger partial charge on any atom is 0.304 e. The predicted molar refractivity (Wildman–Crippen MR) is 74.5 cm³/mol. The molecule has 0 bridgehead atoms. The number of hydrogen-bond donors (Lipinski definition) is 1. The molecule has 0 aromatic carbocycles. The van der Waals surface area contributed by atoms with Gasteiger partial charge in [0.15, 0.2) is 9.35 Å². The summed E-state index contributed by atoms with van der Waals surface area (Å²) in [5, 5.41) is 21.9. The first kappa shape index (κ1) is 14.0. The van der Waals surface area contributed by atoms with Crippen molar-refractivity contribution in [2.45, 2.75) is 24.1 Å². The van der Waals surface area contributed by atoms with Crippen LogP contribution in [0, 0.1) is 0 Å². The van der Waals surface area contributed by atoms with Crippen molar-refractivity contribution in [1.82, 2.24) is 20.0 Å². The maximum absolute atomic E-state index is 10.4. The van der Waals surface area contributed by atoms with Crippen LogP contribution in [0.5, 0.6) is 0 Å². The van der Waals surface area contributed by atoms with Gasteiger partial charge >= 0.3 is 5.97 Å². The van der Waals surface area contributed by atoms with Crippen LogP contribution in [0.25, 0.3) is 10.7 Å². The van der Waals surface area contributed by atoms with Crippen molar-refractivity contribution in [3.05, 3.63) is 11.8 Å². The second-order valence-corrected chi connectivity index (χ2v) is 6.18. The Labute approximate surface area is 118 Å². The molecule has 0 atom stereocenters. The third-order valence-electron chi connectivity index (χ3n) is 2.51. The first-order chi connectivity index (χ1) is 9.10. The number of aliphatic carboxylic acids is 1. The number of aryl methyl sites for hydroxylation is 2. The van der Waals surface area contributed by atoms with Gasteiger partial charge in [0.1, 0.15) is 5.69 Å². The first-order valence-electron chi connectivity index (χ1n) is 5.81. The zero-order valence-electron chi connectivity index (χ0n) is 10.7. The van der Waals surface area contributed by atoms with E-state index < -0.39 is 5.97 Å². The molecule has 102 valence electrons. The number of aromatic nitrogens is 4. The fourth-order valence-electron chi connectivity index (χ4n) is 1.54. The van der Waals surface area contributed by atoms with E-state index in [0.717, 1.165) is 27.2 Å². The Balaban J connectivity index is 2.05. The molecule has 0 aliphatic heterocycles. The minimum absolute atomic E-state index is 0.128. The molecule has 0 unspecified atom stereocenters. The van der Waals surface area contributed by atoms with E-state index in [-0.39, 0.29) is 6.42 Å². The summed E-state index contributed by atoms with van der Waals surface area (Å²) in [7, 11) is 1.91. The van der Waals surface area contributed by atoms with Crippen molar-refractivity contribution < 1.29 is 9.90 Å². The zero-order chi connectivity index (χ0) is 13.8. The molecule has 19 heavy (non-hydrogen) atoms. The lowest BCUT2D eigenvalue weighted by Gasteiger charge is -1.92. The quantitative estimate of drug-likeness (QED) is 0.822. The van der Waals surface area contributed by atoms with Crippen molar-refractivity contribution in [2.75, 3.05) is 5.75 Å². The minimum Gasteiger partial charge on any atom is -0.481 e. The van der Waals surface area contributed by atoms with E-state index in [1.165, 1.54) is 23.1 Å². The van der Waals surface area contributed by atoms with Crippen LogP contribution in [0.15, 0.2) is 10.4 Å². The average Bonchev–Trinajstić information content (AvgIpc) is 2.95. The Morgan fingerprint density at radius 1 is 1.53 bits per heavy atom. The summed E-state index contributed by atoms with van der Waals surface area (Å²) in [5.41, 5.74) is 1.97. The van der Waals surface area contributed by atoms with Crippen LogP contribution in [0.4, 0.5) is 0 Å². The van der Waals surface area contributed by atoms with E-state index in [9.17, 15) is 4.79 Å². The summed E-state index contributed by atoms with van der Waals surface area (Å²) >= 11 is 2.85. The fraction of sp³-hybridized carbons (Fsp3) is 0.455. The van der Waals surface area contributed by atoms with Crippen molar-refractivity contribution in [3.63, 3.8) is 0 Å². The van der Waals surface area contributed by atoms with Gasteiger partial charge in [0.2, 0.25) is 0 Å². The van der Waals surface area contributed by atoms with Gasteiger partial charge in [-0.1, -0.05) is 30.0 Å². The molecule has 0 radical (unpaired) electrons. The molecule has 1 N–H and O–H groups in total. The molecule has 0 saturated heterocycles. The molecule has 6 nitrogen and oxygen atoms in total. The number of hydrogen-bond acceptors (Lipinski definition) is 6. The summed E-state index contributed by atoms with van der Waals surface area (Å²) in [6.45, 7) is 2.08. The summed E-state index contributed by atoms with van der Waals surface area (Å²) in [4.78, 5) is 10.4. The normalized spacial score (nSPS) is 10.8. The van der Waals surface area contributed by atoms with Crippen LogP contribution < -0.4 is 0 Å². The number of thioether (sulfide) groups is 1. The third-order valence-corrected chi connectivity index (χ3v) is 4.59. The SMILES string of the molecule is CCc1cc(-c2nnc(SCCC(=O)O)s2)nn1C. The molecule has 8 heteroatoms. The number of carboxylic acid groups (broad SMARTS) is 1. The molecule has 2 heterocycles. The monoisotopic (exact) mass is 298 g/mol. The van der Waals surface area contributed by atoms with Crippen LogP contribution in [-0.2, 0) is 18.3 Å². The topological polar surface area (TPSA) is 80.9 Å². The highest BCUT2D eigenvalue weighted by molar-refractivity contribution is 8.01. The average molecular weight is 298 g/mol. The largest absolute Gasteiger partial charge is 0.481 e. The molecule has 0 spiro atoms. The second-order valence-electron chi connectivity index (χ2n) is 3.86. The molecule has 0 aliphatic rings. The Hall–Kier alpha value is -1.41. The molecular formula is C11H14N4O2S2. The van der Waals surface area contributed by atoms with Gasteiger partial charge in [-0.05, 0) is 12.5 Å². The molecule has 0 fully saturated rings. The molecule has 2 rings (SSSR count). The van der Waals surface area contributed by atoms with E-state index in [0.29, 0.717) is 5.75 Å². The zero-order valence-corrected chi connectivity index (χ0v) is 12.3. The number of rotatable bonds is 6. The van der Waals surface area contributed by atoms with Crippen molar-refractivity contribution in [3.8, 4) is 10.7 Å². The fourth-order valence-corrected chi connectivity index (χ4v) is 3.34. The highest BCUT2D eigenvalue weighted by atomic mass is 32.2. The molecule has 2 aromatic rings. The lowest BCUT2D eigenvalue weighted by molar-refractivity contribution is -0.136. The summed E-state index contributed by atoms with van der Waals surface area (Å²) < 4.78 is 2.62. The van der Waals surface area contributed by atoms with Crippen molar-refractivity contribution in [2.24, 2.45) is 7.05 Å². The van der Waals surface area contributed by atoms with E-state index in [1.54, 1.807) is 0 Å². The first-order valence-corrected chi connectivity index (χ1v) is 7.61. The van der Waals surface area contributed by atoms with Gasteiger partial charge < -0.3 is 5.11 Å². The van der Waals surface area contributed by atoms with Crippen molar-refractivity contribution in [1.29, 1.82) is 0 Å².